The topological polar surface area (TPSA) is 38.7 Å². The number of nitrogens with zero attached hydrogens (tertiary/aromatic N) is 1. The van der Waals surface area contributed by atoms with Crippen molar-refractivity contribution in [3.8, 4) is 5.75 Å². The predicted molar refractivity (Wildman–Crippen MR) is 54.3 cm³/mol. The zero-order chi connectivity index (χ0) is 11.1. The summed E-state index contributed by atoms with van der Waals surface area (Å²) in [7, 11) is 0. The van der Waals surface area contributed by atoms with Crippen molar-refractivity contribution < 1.29 is 9.13 Å². The van der Waals surface area contributed by atoms with Gasteiger partial charge in [0.25, 0.3) is 0 Å². The lowest BCUT2D eigenvalue weighted by atomic mass is 9.90. The maximum absolute atomic E-state index is 13.0. The number of fused-ring (bicyclic) bond motifs is 1. The van der Waals surface area contributed by atoms with Crippen molar-refractivity contribution in [2.75, 3.05) is 0 Å². The average Bonchev–Trinajstić information content (AvgIpc) is 2.16. The van der Waals surface area contributed by atoms with Crippen molar-refractivity contribution in [1.82, 2.24) is 0 Å². The minimum atomic E-state index is -0.514. The molecule has 0 spiro atoms. The molecule has 15 heavy (non-hydrogen) atoms. The molecular formula is C11H12FNO2. The summed E-state index contributed by atoms with van der Waals surface area (Å²) in [5.74, 6) is 0.183. The zero-order valence-electron chi connectivity index (χ0n) is 8.66. The van der Waals surface area contributed by atoms with Gasteiger partial charge in [-0.1, -0.05) is 5.18 Å². The van der Waals surface area contributed by atoms with E-state index >= 15 is 0 Å². The molecule has 0 bridgehead atoms. The van der Waals surface area contributed by atoms with Gasteiger partial charge >= 0.3 is 0 Å². The number of nitroso groups, excluding NO2 is 1. The third-order valence-electron chi connectivity index (χ3n) is 2.53. The van der Waals surface area contributed by atoms with Crippen LogP contribution >= 0.6 is 0 Å². The summed E-state index contributed by atoms with van der Waals surface area (Å²) in [6, 6.07) is 3.67. The van der Waals surface area contributed by atoms with Gasteiger partial charge in [0.2, 0.25) is 0 Å². The Labute approximate surface area is 87.2 Å². The van der Waals surface area contributed by atoms with Crippen LogP contribution in [0.15, 0.2) is 23.4 Å². The van der Waals surface area contributed by atoms with Gasteiger partial charge in [0.05, 0.1) is 0 Å². The van der Waals surface area contributed by atoms with Crippen molar-refractivity contribution in [3.05, 3.63) is 34.5 Å². The van der Waals surface area contributed by atoms with Crippen molar-refractivity contribution >= 4 is 0 Å². The third-order valence-corrected chi connectivity index (χ3v) is 2.53. The Balaban J connectivity index is 2.49. The lowest BCUT2D eigenvalue weighted by Crippen LogP contribution is -2.34. The van der Waals surface area contributed by atoms with Crippen molar-refractivity contribution in [3.63, 3.8) is 0 Å². The van der Waals surface area contributed by atoms with Gasteiger partial charge in [0.15, 0.2) is 0 Å². The van der Waals surface area contributed by atoms with E-state index in [1.807, 2.05) is 13.8 Å². The molecule has 1 atom stereocenters. The fraction of sp³-hybridized carbons (Fsp3) is 0.455. The Morgan fingerprint density at radius 2 is 2.27 bits per heavy atom. The van der Waals surface area contributed by atoms with Crippen molar-refractivity contribution in [2.45, 2.75) is 31.9 Å². The zero-order valence-corrected chi connectivity index (χ0v) is 8.66. The molecule has 1 aliphatic heterocycles. The molecule has 0 fully saturated rings. The Hall–Kier alpha value is -1.45. The molecule has 0 amide bonds. The van der Waals surface area contributed by atoms with Crippen LogP contribution in [0, 0.1) is 10.7 Å². The van der Waals surface area contributed by atoms with Crippen LogP contribution in [0.4, 0.5) is 4.39 Å². The summed E-state index contributed by atoms with van der Waals surface area (Å²) in [5.41, 5.74) is 0.118. The number of hydrogen-bond acceptors (Lipinski definition) is 3. The van der Waals surface area contributed by atoms with Gasteiger partial charge in [0.1, 0.15) is 23.2 Å². The average molecular weight is 209 g/mol. The maximum atomic E-state index is 13.0. The van der Waals surface area contributed by atoms with Crippen LogP contribution in [0.1, 0.15) is 31.9 Å². The fourth-order valence-electron chi connectivity index (χ4n) is 1.88. The van der Waals surface area contributed by atoms with E-state index < -0.39 is 11.6 Å². The lowest BCUT2D eigenvalue weighted by Gasteiger charge is -2.34. The number of ether oxygens (including phenoxy) is 1. The molecule has 1 aromatic carbocycles. The molecule has 1 heterocycles. The minimum Gasteiger partial charge on any atom is -0.487 e. The SMILES string of the molecule is CC1(C)CC(N=O)c2cc(F)ccc2O1. The van der Waals surface area contributed by atoms with E-state index in [9.17, 15) is 9.30 Å². The van der Waals surface area contributed by atoms with E-state index in [1.54, 1.807) is 6.07 Å². The maximum Gasteiger partial charge on any atom is 0.125 e. The first-order chi connectivity index (χ1) is 7.02. The Morgan fingerprint density at radius 1 is 1.53 bits per heavy atom. The van der Waals surface area contributed by atoms with E-state index in [0.717, 1.165) is 0 Å². The molecule has 0 saturated heterocycles. The lowest BCUT2D eigenvalue weighted by molar-refractivity contribution is 0.0727. The van der Waals surface area contributed by atoms with E-state index in [4.69, 9.17) is 4.74 Å². The molecule has 0 aromatic heterocycles. The number of rotatable bonds is 1. The van der Waals surface area contributed by atoms with Crippen LogP contribution < -0.4 is 4.74 Å². The molecule has 0 saturated carbocycles. The summed E-state index contributed by atoms with van der Waals surface area (Å²) >= 11 is 0. The summed E-state index contributed by atoms with van der Waals surface area (Å²) < 4.78 is 18.6. The quantitative estimate of drug-likeness (QED) is 0.666. The van der Waals surface area contributed by atoms with Gasteiger partial charge in [-0.25, -0.2) is 4.39 Å². The van der Waals surface area contributed by atoms with Crippen LogP contribution in [0.2, 0.25) is 0 Å². The summed E-state index contributed by atoms with van der Waals surface area (Å²) in [5, 5.41) is 3.03. The summed E-state index contributed by atoms with van der Waals surface area (Å²) in [4.78, 5) is 10.7. The first-order valence-electron chi connectivity index (χ1n) is 4.83. The number of benzene rings is 1. The van der Waals surface area contributed by atoms with Gasteiger partial charge in [-0.15, -0.1) is 0 Å². The van der Waals surface area contributed by atoms with Crippen LogP contribution in [0.5, 0.6) is 5.75 Å². The summed E-state index contributed by atoms with van der Waals surface area (Å²) in [6.45, 7) is 3.77. The van der Waals surface area contributed by atoms with Crippen LogP contribution in [-0.4, -0.2) is 5.60 Å². The Bertz CT molecular complexity index is 404. The van der Waals surface area contributed by atoms with Gasteiger partial charge in [-0.2, -0.15) is 4.91 Å². The first kappa shape index (κ1) is 10.1. The van der Waals surface area contributed by atoms with Gasteiger partial charge < -0.3 is 4.74 Å². The highest BCUT2D eigenvalue weighted by Crippen LogP contribution is 2.41. The highest BCUT2D eigenvalue weighted by atomic mass is 19.1. The molecule has 0 aliphatic carbocycles. The molecule has 1 aliphatic rings. The molecule has 2 rings (SSSR count). The smallest absolute Gasteiger partial charge is 0.125 e. The third kappa shape index (κ3) is 1.84. The van der Waals surface area contributed by atoms with Crippen molar-refractivity contribution in [1.29, 1.82) is 0 Å². The van der Waals surface area contributed by atoms with Crippen LogP contribution in [0.25, 0.3) is 0 Å². The van der Waals surface area contributed by atoms with Gasteiger partial charge in [0, 0.05) is 12.0 Å². The molecule has 3 nitrogen and oxygen atoms in total. The molecule has 4 heteroatoms. The standard InChI is InChI=1S/C11H12FNO2/c1-11(2)6-9(13-14)8-5-7(12)3-4-10(8)15-11/h3-5,9H,6H2,1-2H3. The predicted octanol–water partition coefficient (Wildman–Crippen LogP) is 3.19. The molecular weight excluding hydrogens is 197 g/mol. The molecule has 0 radical (unpaired) electrons. The molecule has 1 aromatic rings. The number of halogens is 1. The summed E-state index contributed by atoms with van der Waals surface area (Å²) in [6.07, 6.45) is 0.479. The van der Waals surface area contributed by atoms with Gasteiger partial charge in [-0.05, 0) is 32.0 Å². The van der Waals surface area contributed by atoms with E-state index in [-0.39, 0.29) is 5.82 Å². The largest absolute Gasteiger partial charge is 0.487 e. The van der Waals surface area contributed by atoms with Crippen LogP contribution in [0.3, 0.4) is 0 Å². The first-order valence-corrected chi connectivity index (χ1v) is 4.83. The highest BCUT2D eigenvalue weighted by molar-refractivity contribution is 5.39. The second-order valence-corrected chi connectivity index (χ2v) is 4.37. The second-order valence-electron chi connectivity index (χ2n) is 4.37. The molecule has 80 valence electrons. The Kier molecular flexibility index (Phi) is 2.21. The number of hydrogen-bond donors (Lipinski definition) is 0. The van der Waals surface area contributed by atoms with E-state index in [0.29, 0.717) is 17.7 Å². The Morgan fingerprint density at radius 3 is 2.93 bits per heavy atom. The van der Waals surface area contributed by atoms with Crippen LogP contribution in [-0.2, 0) is 0 Å². The van der Waals surface area contributed by atoms with E-state index in [2.05, 4.69) is 5.18 Å². The van der Waals surface area contributed by atoms with E-state index in [1.165, 1.54) is 12.1 Å². The highest BCUT2D eigenvalue weighted by Gasteiger charge is 2.34. The normalized spacial score (nSPS) is 22.7. The second kappa shape index (κ2) is 3.29. The monoisotopic (exact) mass is 209 g/mol. The fourth-order valence-corrected chi connectivity index (χ4v) is 1.88. The molecule has 0 N–H and O–H groups in total. The molecule has 1 unspecified atom stereocenters. The minimum absolute atomic E-state index is 0.370. The van der Waals surface area contributed by atoms with Gasteiger partial charge in [-0.3, -0.25) is 0 Å². The van der Waals surface area contributed by atoms with Crippen molar-refractivity contribution in [2.24, 2.45) is 5.18 Å².